The lowest BCUT2D eigenvalue weighted by atomic mass is 9.90. The van der Waals surface area contributed by atoms with Crippen molar-refractivity contribution in [2.24, 2.45) is 0 Å². The van der Waals surface area contributed by atoms with E-state index < -0.39 is 0 Å². The van der Waals surface area contributed by atoms with E-state index in [9.17, 15) is 4.79 Å². The van der Waals surface area contributed by atoms with Crippen LogP contribution in [0.3, 0.4) is 0 Å². The Kier molecular flexibility index (Phi) is 5.38. The standard InChI is InChI=1S/C18H21ClN4O2/c1-2-25-18(24)13-7-5-12(6-8-13)14-4-3-9-23(11-14)15-10-16(19)21-22-17(15)20/h5-8,10,14H,2-4,9,11H2,1H3,(H2,20,22)/t14-/m1/s1. The molecule has 2 aromatic rings. The molecule has 0 unspecified atom stereocenters. The van der Waals surface area contributed by atoms with Crippen molar-refractivity contribution in [3.05, 3.63) is 46.6 Å². The number of piperidine rings is 1. The van der Waals surface area contributed by atoms with Crippen LogP contribution in [0.2, 0.25) is 5.15 Å². The van der Waals surface area contributed by atoms with Crippen molar-refractivity contribution >= 4 is 29.1 Å². The Hall–Kier alpha value is -2.34. The largest absolute Gasteiger partial charge is 0.462 e. The van der Waals surface area contributed by atoms with Gasteiger partial charge in [0.1, 0.15) is 0 Å². The van der Waals surface area contributed by atoms with Gasteiger partial charge < -0.3 is 15.4 Å². The average molecular weight is 361 g/mol. The Morgan fingerprint density at radius 1 is 1.36 bits per heavy atom. The lowest BCUT2D eigenvalue weighted by Gasteiger charge is -2.35. The van der Waals surface area contributed by atoms with E-state index in [2.05, 4.69) is 15.1 Å². The maximum absolute atomic E-state index is 11.8. The first kappa shape index (κ1) is 17.5. The summed E-state index contributed by atoms with van der Waals surface area (Å²) in [6.45, 7) is 3.91. The van der Waals surface area contributed by atoms with E-state index in [-0.39, 0.29) is 5.97 Å². The Morgan fingerprint density at radius 2 is 2.12 bits per heavy atom. The normalized spacial score (nSPS) is 17.4. The summed E-state index contributed by atoms with van der Waals surface area (Å²) >= 11 is 5.96. The molecular weight excluding hydrogens is 340 g/mol. The molecule has 132 valence electrons. The van der Waals surface area contributed by atoms with Crippen LogP contribution in [0.4, 0.5) is 11.5 Å². The van der Waals surface area contributed by atoms with Crippen molar-refractivity contribution in [1.29, 1.82) is 0 Å². The molecule has 1 aromatic carbocycles. The summed E-state index contributed by atoms with van der Waals surface area (Å²) in [7, 11) is 0. The van der Waals surface area contributed by atoms with Crippen molar-refractivity contribution in [3.8, 4) is 0 Å². The molecule has 6 nitrogen and oxygen atoms in total. The van der Waals surface area contributed by atoms with E-state index in [1.165, 1.54) is 5.56 Å². The lowest BCUT2D eigenvalue weighted by molar-refractivity contribution is 0.0526. The first-order chi connectivity index (χ1) is 12.1. The second-order valence-electron chi connectivity index (χ2n) is 6.07. The number of nitrogen functional groups attached to an aromatic ring is 1. The fourth-order valence-electron chi connectivity index (χ4n) is 3.20. The lowest BCUT2D eigenvalue weighted by Crippen LogP contribution is -2.35. The molecular formula is C18H21ClN4O2. The van der Waals surface area contributed by atoms with Crippen LogP contribution in [-0.2, 0) is 4.74 Å². The third-order valence-corrected chi connectivity index (χ3v) is 4.61. The van der Waals surface area contributed by atoms with Crippen LogP contribution < -0.4 is 10.6 Å². The smallest absolute Gasteiger partial charge is 0.338 e. The van der Waals surface area contributed by atoms with Crippen molar-refractivity contribution in [2.45, 2.75) is 25.7 Å². The fraction of sp³-hybridized carbons (Fsp3) is 0.389. The van der Waals surface area contributed by atoms with Gasteiger partial charge in [-0.1, -0.05) is 23.7 Å². The molecule has 1 atom stereocenters. The van der Waals surface area contributed by atoms with Gasteiger partial charge in [0.2, 0.25) is 0 Å². The van der Waals surface area contributed by atoms with Gasteiger partial charge in [0.05, 0.1) is 17.9 Å². The number of nitrogens with two attached hydrogens (primary N) is 1. The molecule has 0 radical (unpaired) electrons. The third kappa shape index (κ3) is 4.02. The Labute approximate surface area is 151 Å². The molecule has 25 heavy (non-hydrogen) atoms. The highest BCUT2D eigenvalue weighted by atomic mass is 35.5. The number of halogens is 1. The van der Waals surface area contributed by atoms with Gasteiger partial charge >= 0.3 is 5.97 Å². The molecule has 1 aliphatic heterocycles. The molecule has 0 saturated carbocycles. The first-order valence-corrected chi connectivity index (χ1v) is 8.77. The van der Waals surface area contributed by atoms with Crippen LogP contribution in [0.1, 0.15) is 41.6 Å². The molecule has 0 amide bonds. The van der Waals surface area contributed by atoms with Gasteiger partial charge in [-0.05, 0) is 37.5 Å². The van der Waals surface area contributed by atoms with Crippen LogP contribution in [0.15, 0.2) is 30.3 Å². The Morgan fingerprint density at radius 3 is 2.84 bits per heavy atom. The molecule has 0 spiro atoms. The van der Waals surface area contributed by atoms with Crippen LogP contribution in [0.25, 0.3) is 0 Å². The number of anilines is 2. The van der Waals surface area contributed by atoms with E-state index >= 15 is 0 Å². The predicted octanol–water partition coefficient (Wildman–Crippen LogP) is 3.27. The molecule has 7 heteroatoms. The summed E-state index contributed by atoms with van der Waals surface area (Å²) in [5.41, 5.74) is 8.56. The van der Waals surface area contributed by atoms with Crippen molar-refractivity contribution in [2.75, 3.05) is 30.3 Å². The van der Waals surface area contributed by atoms with Crippen LogP contribution in [-0.4, -0.2) is 35.9 Å². The SMILES string of the molecule is CCOC(=O)c1ccc([C@@H]2CCCN(c3cc(Cl)nnc3N)C2)cc1. The Balaban J connectivity index is 1.75. The molecule has 0 aliphatic carbocycles. The minimum Gasteiger partial charge on any atom is -0.462 e. The number of rotatable bonds is 4. The highest BCUT2D eigenvalue weighted by Crippen LogP contribution is 2.32. The number of hydrogen-bond acceptors (Lipinski definition) is 6. The van der Waals surface area contributed by atoms with Gasteiger partial charge in [-0.3, -0.25) is 0 Å². The van der Waals surface area contributed by atoms with Gasteiger partial charge in [0.15, 0.2) is 11.0 Å². The average Bonchev–Trinajstić information content (AvgIpc) is 2.64. The number of esters is 1. The summed E-state index contributed by atoms with van der Waals surface area (Å²) in [5.74, 6) is 0.462. The van der Waals surface area contributed by atoms with Gasteiger partial charge in [-0.2, -0.15) is 0 Å². The number of ether oxygens (including phenoxy) is 1. The maximum Gasteiger partial charge on any atom is 0.338 e. The number of hydrogen-bond donors (Lipinski definition) is 1. The summed E-state index contributed by atoms with van der Waals surface area (Å²) in [5, 5.41) is 8.01. The first-order valence-electron chi connectivity index (χ1n) is 8.39. The fourth-order valence-corrected chi connectivity index (χ4v) is 3.34. The van der Waals surface area contributed by atoms with Crippen molar-refractivity contribution in [3.63, 3.8) is 0 Å². The highest BCUT2D eigenvalue weighted by molar-refractivity contribution is 6.29. The van der Waals surface area contributed by atoms with Crippen LogP contribution in [0, 0.1) is 0 Å². The molecule has 2 N–H and O–H groups in total. The van der Waals surface area contributed by atoms with Crippen molar-refractivity contribution in [1.82, 2.24) is 10.2 Å². The van der Waals surface area contributed by atoms with Crippen molar-refractivity contribution < 1.29 is 9.53 Å². The van der Waals surface area contributed by atoms with Gasteiger partial charge in [-0.15, -0.1) is 10.2 Å². The second-order valence-corrected chi connectivity index (χ2v) is 6.45. The molecule has 1 aromatic heterocycles. The molecule has 0 bridgehead atoms. The van der Waals surface area contributed by atoms with E-state index in [1.807, 2.05) is 24.3 Å². The topological polar surface area (TPSA) is 81.3 Å². The van der Waals surface area contributed by atoms with E-state index in [1.54, 1.807) is 13.0 Å². The number of carbonyl (C=O) groups is 1. The maximum atomic E-state index is 11.8. The minimum atomic E-state index is -0.287. The zero-order valence-electron chi connectivity index (χ0n) is 14.1. The van der Waals surface area contributed by atoms with E-state index in [0.717, 1.165) is 31.6 Å². The Bertz CT molecular complexity index is 751. The quantitative estimate of drug-likeness (QED) is 0.843. The van der Waals surface area contributed by atoms with Gasteiger partial charge in [-0.25, -0.2) is 4.79 Å². The predicted molar refractivity (Wildman–Crippen MR) is 98.0 cm³/mol. The van der Waals surface area contributed by atoms with E-state index in [0.29, 0.717) is 29.1 Å². The third-order valence-electron chi connectivity index (χ3n) is 4.43. The summed E-state index contributed by atoms with van der Waals surface area (Å²) in [4.78, 5) is 14.0. The van der Waals surface area contributed by atoms with Crippen LogP contribution in [0.5, 0.6) is 0 Å². The highest BCUT2D eigenvalue weighted by Gasteiger charge is 2.24. The zero-order chi connectivity index (χ0) is 17.8. The number of benzene rings is 1. The molecule has 3 rings (SSSR count). The summed E-state index contributed by atoms with van der Waals surface area (Å²) < 4.78 is 5.03. The molecule has 2 heterocycles. The molecule has 1 aliphatic rings. The minimum absolute atomic E-state index is 0.287. The summed E-state index contributed by atoms with van der Waals surface area (Å²) in [6.07, 6.45) is 2.13. The van der Waals surface area contributed by atoms with Crippen LogP contribution >= 0.6 is 11.6 Å². The van der Waals surface area contributed by atoms with Gasteiger partial charge in [0, 0.05) is 25.1 Å². The number of carbonyl (C=O) groups excluding carboxylic acids is 1. The van der Waals surface area contributed by atoms with E-state index in [4.69, 9.17) is 22.1 Å². The second kappa shape index (κ2) is 7.70. The number of nitrogens with zero attached hydrogens (tertiary/aromatic N) is 3. The number of aromatic nitrogens is 2. The molecule has 1 fully saturated rings. The summed E-state index contributed by atoms with van der Waals surface area (Å²) in [6, 6.07) is 9.41. The zero-order valence-corrected chi connectivity index (χ0v) is 14.9. The van der Waals surface area contributed by atoms with Gasteiger partial charge in [0.25, 0.3) is 0 Å². The molecule has 1 saturated heterocycles. The monoisotopic (exact) mass is 360 g/mol.